The van der Waals surface area contributed by atoms with Crippen molar-refractivity contribution in [2.24, 2.45) is 0 Å². The molecule has 6 nitrogen and oxygen atoms in total. The third-order valence-corrected chi connectivity index (χ3v) is 3.18. The number of nitrogens with one attached hydrogen (secondary N) is 1. The molecular formula is C14H17NO5. The molecule has 2 unspecified atom stereocenters. The van der Waals surface area contributed by atoms with E-state index in [1.54, 1.807) is 0 Å². The highest BCUT2D eigenvalue weighted by Gasteiger charge is 2.30. The Labute approximate surface area is 116 Å². The molecule has 0 aliphatic carbocycles. The SMILES string of the molecule is COCC(NC(=O)C1OCCc2ccccc21)C(=O)O. The normalized spacial score (nSPS) is 18.9. The van der Waals surface area contributed by atoms with Crippen LogP contribution >= 0.6 is 0 Å². The van der Waals surface area contributed by atoms with Crippen LogP contribution in [0.3, 0.4) is 0 Å². The highest BCUT2D eigenvalue weighted by Crippen LogP contribution is 2.27. The quantitative estimate of drug-likeness (QED) is 0.820. The van der Waals surface area contributed by atoms with Crippen LogP contribution in [0.1, 0.15) is 17.2 Å². The smallest absolute Gasteiger partial charge is 0.328 e. The van der Waals surface area contributed by atoms with Crippen molar-refractivity contribution in [1.82, 2.24) is 5.32 Å². The molecule has 2 N–H and O–H groups in total. The zero-order valence-electron chi connectivity index (χ0n) is 11.2. The molecule has 1 aromatic carbocycles. The first-order valence-electron chi connectivity index (χ1n) is 6.35. The Bertz CT molecular complexity index is 502. The molecule has 0 fully saturated rings. The molecule has 0 saturated carbocycles. The lowest BCUT2D eigenvalue weighted by atomic mass is 9.97. The van der Waals surface area contributed by atoms with Crippen LogP contribution in [0.25, 0.3) is 0 Å². The third-order valence-electron chi connectivity index (χ3n) is 3.18. The second-order valence-corrected chi connectivity index (χ2v) is 4.55. The lowest BCUT2D eigenvalue weighted by Crippen LogP contribution is -2.46. The fraction of sp³-hybridized carbons (Fsp3) is 0.429. The number of carboxylic acid groups (broad SMARTS) is 1. The summed E-state index contributed by atoms with van der Waals surface area (Å²) in [7, 11) is 1.38. The lowest BCUT2D eigenvalue weighted by molar-refractivity contribution is -0.146. The van der Waals surface area contributed by atoms with E-state index in [1.807, 2.05) is 24.3 Å². The Balaban J connectivity index is 2.12. The molecule has 0 saturated heterocycles. The Morgan fingerprint density at radius 2 is 2.25 bits per heavy atom. The van der Waals surface area contributed by atoms with Gasteiger partial charge in [0, 0.05) is 7.11 Å². The maximum Gasteiger partial charge on any atom is 0.328 e. The number of carboxylic acids is 1. The highest BCUT2D eigenvalue weighted by molar-refractivity contribution is 5.87. The van der Waals surface area contributed by atoms with Gasteiger partial charge in [-0.15, -0.1) is 0 Å². The number of ether oxygens (including phenoxy) is 2. The molecule has 2 atom stereocenters. The van der Waals surface area contributed by atoms with Gasteiger partial charge in [-0.05, 0) is 17.5 Å². The van der Waals surface area contributed by atoms with E-state index < -0.39 is 24.0 Å². The molecule has 6 heteroatoms. The number of amides is 1. The van der Waals surface area contributed by atoms with Crippen LogP contribution in [0.15, 0.2) is 24.3 Å². The van der Waals surface area contributed by atoms with Crippen molar-refractivity contribution in [1.29, 1.82) is 0 Å². The molecule has 2 rings (SSSR count). The molecule has 0 radical (unpaired) electrons. The predicted octanol–water partition coefficient (Wildman–Crippen LogP) is 0.516. The van der Waals surface area contributed by atoms with Crippen LogP contribution in [0.4, 0.5) is 0 Å². The maximum atomic E-state index is 12.2. The molecule has 0 bridgehead atoms. The number of carbonyl (C=O) groups is 2. The number of fused-ring (bicyclic) bond motifs is 1. The minimum absolute atomic E-state index is 0.0879. The van der Waals surface area contributed by atoms with Gasteiger partial charge >= 0.3 is 5.97 Å². The van der Waals surface area contributed by atoms with E-state index >= 15 is 0 Å². The van der Waals surface area contributed by atoms with Crippen molar-refractivity contribution in [3.8, 4) is 0 Å². The van der Waals surface area contributed by atoms with Gasteiger partial charge in [0.2, 0.25) is 0 Å². The Hall–Kier alpha value is -1.92. The number of benzene rings is 1. The monoisotopic (exact) mass is 279 g/mol. The number of carbonyl (C=O) groups excluding carboxylic acids is 1. The van der Waals surface area contributed by atoms with E-state index in [0.29, 0.717) is 6.61 Å². The van der Waals surface area contributed by atoms with Gasteiger partial charge < -0.3 is 19.9 Å². The summed E-state index contributed by atoms with van der Waals surface area (Å²) >= 11 is 0. The first-order chi connectivity index (χ1) is 9.63. The largest absolute Gasteiger partial charge is 0.480 e. The first kappa shape index (κ1) is 14.5. The van der Waals surface area contributed by atoms with E-state index in [4.69, 9.17) is 14.6 Å². The molecule has 1 aliphatic rings. The van der Waals surface area contributed by atoms with Gasteiger partial charge in [0.15, 0.2) is 12.1 Å². The highest BCUT2D eigenvalue weighted by atomic mass is 16.5. The average molecular weight is 279 g/mol. The molecule has 1 aliphatic heterocycles. The summed E-state index contributed by atoms with van der Waals surface area (Å²) in [6.07, 6.45) is -0.0148. The van der Waals surface area contributed by atoms with Crippen molar-refractivity contribution in [3.63, 3.8) is 0 Å². The molecule has 1 heterocycles. The lowest BCUT2D eigenvalue weighted by Gasteiger charge is -2.26. The summed E-state index contributed by atoms with van der Waals surface area (Å²) in [6.45, 7) is 0.354. The van der Waals surface area contributed by atoms with Crippen LogP contribution < -0.4 is 5.32 Å². The summed E-state index contributed by atoms with van der Waals surface area (Å²) in [5, 5.41) is 11.5. The first-order valence-corrected chi connectivity index (χ1v) is 6.35. The molecular weight excluding hydrogens is 262 g/mol. The van der Waals surface area contributed by atoms with Crippen LogP contribution in [0.5, 0.6) is 0 Å². The van der Waals surface area contributed by atoms with E-state index in [1.165, 1.54) is 7.11 Å². The number of hydrogen-bond donors (Lipinski definition) is 2. The van der Waals surface area contributed by atoms with Gasteiger partial charge in [-0.3, -0.25) is 4.79 Å². The number of methoxy groups -OCH3 is 1. The van der Waals surface area contributed by atoms with E-state index in [-0.39, 0.29) is 6.61 Å². The minimum Gasteiger partial charge on any atom is -0.480 e. The number of aliphatic carboxylic acids is 1. The predicted molar refractivity (Wildman–Crippen MR) is 70.3 cm³/mol. The van der Waals surface area contributed by atoms with E-state index in [0.717, 1.165) is 17.5 Å². The van der Waals surface area contributed by atoms with Crippen molar-refractivity contribution in [3.05, 3.63) is 35.4 Å². The van der Waals surface area contributed by atoms with Crippen molar-refractivity contribution in [2.45, 2.75) is 18.6 Å². The van der Waals surface area contributed by atoms with Crippen LogP contribution in [-0.4, -0.2) is 43.3 Å². The summed E-state index contributed by atoms with van der Waals surface area (Å²) in [6, 6.07) is 6.43. The maximum absolute atomic E-state index is 12.2. The topological polar surface area (TPSA) is 84.9 Å². The molecule has 0 spiro atoms. The molecule has 108 valence electrons. The Morgan fingerprint density at radius 3 is 2.95 bits per heavy atom. The fourth-order valence-electron chi connectivity index (χ4n) is 2.20. The molecule has 0 aromatic heterocycles. The molecule has 1 amide bonds. The summed E-state index contributed by atoms with van der Waals surface area (Å²) in [4.78, 5) is 23.2. The van der Waals surface area contributed by atoms with Gasteiger partial charge in [-0.1, -0.05) is 24.3 Å². The van der Waals surface area contributed by atoms with Gasteiger partial charge in [0.25, 0.3) is 5.91 Å². The van der Waals surface area contributed by atoms with Gasteiger partial charge in [-0.2, -0.15) is 0 Å². The zero-order valence-corrected chi connectivity index (χ0v) is 11.2. The van der Waals surface area contributed by atoms with Crippen LogP contribution in [-0.2, 0) is 25.5 Å². The fourth-order valence-corrected chi connectivity index (χ4v) is 2.20. The number of hydrogen-bond acceptors (Lipinski definition) is 4. The van der Waals surface area contributed by atoms with Gasteiger partial charge in [0.05, 0.1) is 13.2 Å². The molecule has 1 aromatic rings. The third kappa shape index (κ3) is 3.15. The van der Waals surface area contributed by atoms with E-state index in [2.05, 4.69) is 5.32 Å². The van der Waals surface area contributed by atoms with Gasteiger partial charge in [-0.25, -0.2) is 4.79 Å². The standard InChI is InChI=1S/C14H17NO5/c1-19-8-11(14(17)18)15-13(16)12-10-5-3-2-4-9(10)6-7-20-12/h2-5,11-12H,6-8H2,1H3,(H,15,16)(H,17,18). The second kappa shape index (κ2) is 6.49. The minimum atomic E-state index is -1.13. The van der Waals surface area contributed by atoms with Crippen molar-refractivity contribution >= 4 is 11.9 Å². The van der Waals surface area contributed by atoms with Crippen molar-refractivity contribution < 1.29 is 24.2 Å². The van der Waals surface area contributed by atoms with Crippen LogP contribution in [0, 0.1) is 0 Å². The summed E-state index contributed by atoms with van der Waals surface area (Å²) < 4.78 is 10.3. The average Bonchev–Trinajstić information content (AvgIpc) is 2.46. The number of rotatable bonds is 5. The zero-order chi connectivity index (χ0) is 14.5. The summed E-state index contributed by atoms with van der Waals surface area (Å²) in [5.74, 6) is -1.59. The Morgan fingerprint density at radius 1 is 1.50 bits per heavy atom. The van der Waals surface area contributed by atoms with Crippen LogP contribution in [0.2, 0.25) is 0 Å². The second-order valence-electron chi connectivity index (χ2n) is 4.55. The van der Waals surface area contributed by atoms with Gasteiger partial charge in [0.1, 0.15) is 0 Å². The van der Waals surface area contributed by atoms with E-state index in [9.17, 15) is 9.59 Å². The molecule has 20 heavy (non-hydrogen) atoms. The van der Waals surface area contributed by atoms with Crippen molar-refractivity contribution in [2.75, 3.05) is 20.3 Å². The Kier molecular flexibility index (Phi) is 4.70. The summed E-state index contributed by atoms with van der Waals surface area (Å²) in [5.41, 5.74) is 1.84.